The van der Waals surface area contributed by atoms with Gasteiger partial charge in [-0.3, -0.25) is 0 Å². The van der Waals surface area contributed by atoms with Crippen LogP contribution in [0.1, 0.15) is 13.8 Å². The van der Waals surface area contributed by atoms with Crippen molar-refractivity contribution in [1.82, 2.24) is 4.72 Å². The highest BCUT2D eigenvalue weighted by molar-refractivity contribution is 7.89. The van der Waals surface area contributed by atoms with Crippen molar-refractivity contribution in [2.45, 2.75) is 24.8 Å². The van der Waals surface area contributed by atoms with Gasteiger partial charge in [0, 0.05) is 12.2 Å². The molecule has 0 aliphatic heterocycles. The molecule has 2 N–H and O–H groups in total. The predicted molar refractivity (Wildman–Crippen MR) is 72.4 cm³/mol. The van der Waals surface area contributed by atoms with Crippen LogP contribution in [-0.2, 0) is 19.6 Å². The Balaban J connectivity index is 2.80. The molecule has 0 bridgehead atoms. The molecule has 1 atom stereocenters. The van der Waals surface area contributed by atoms with Crippen LogP contribution >= 0.6 is 0 Å². The molecular formula is C12H18N2O4S. The lowest BCUT2D eigenvalue weighted by Crippen LogP contribution is -2.27. The number of hydrogen-bond donors (Lipinski definition) is 2. The van der Waals surface area contributed by atoms with E-state index in [0.29, 0.717) is 12.2 Å². The molecule has 1 unspecified atom stereocenters. The van der Waals surface area contributed by atoms with Gasteiger partial charge < -0.3 is 10.1 Å². The minimum Gasteiger partial charge on any atom is -0.467 e. The average molecular weight is 286 g/mol. The van der Waals surface area contributed by atoms with Crippen LogP contribution in [0, 0.1) is 0 Å². The number of ether oxygens (including phenoxy) is 1. The first-order valence-electron chi connectivity index (χ1n) is 5.84. The lowest BCUT2D eigenvalue weighted by Gasteiger charge is -2.13. The fourth-order valence-corrected chi connectivity index (χ4v) is 2.53. The van der Waals surface area contributed by atoms with Gasteiger partial charge in [0.05, 0.1) is 12.0 Å². The van der Waals surface area contributed by atoms with Crippen molar-refractivity contribution >= 4 is 21.7 Å². The molecule has 1 aromatic rings. The van der Waals surface area contributed by atoms with Gasteiger partial charge in [-0.05, 0) is 31.2 Å². The lowest BCUT2D eigenvalue weighted by atomic mass is 10.2. The third kappa shape index (κ3) is 4.22. The Hall–Kier alpha value is -1.60. The van der Waals surface area contributed by atoms with Crippen molar-refractivity contribution in [1.29, 1.82) is 0 Å². The predicted octanol–water partition coefficient (Wildman–Crippen LogP) is 0.958. The zero-order chi connectivity index (χ0) is 14.5. The van der Waals surface area contributed by atoms with E-state index in [4.69, 9.17) is 0 Å². The van der Waals surface area contributed by atoms with Crippen LogP contribution in [0.25, 0.3) is 0 Å². The Morgan fingerprint density at radius 3 is 2.37 bits per heavy atom. The molecule has 0 spiro atoms. The van der Waals surface area contributed by atoms with Crippen LogP contribution in [0.4, 0.5) is 5.69 Å². The van der Waals surface area contributed by atoms with Gasteiger partial charge in [0.1, 0.15) is 6.04 Å². The molecule has 0 aliphatic carbocycles. The highest BCUT2D eigenvalue weighted by Gasteiger charge is 2.14. The van der Waals surface area contributed by atoms with Gasteiger partial charge in [-0.25, -0.2) is 17.9 Å². The van der Waals surface area contributed by atoms with Crippen molar-refractivity contribution < 1.29 is 17.9 Å². The summed E-state index contributed by atoms with van der Waals surface area (Å²) >= 11 is 0. The number of hydrogen-bond acceptors (Lipinski definition) is 5. The Kier molecular flexibility index (Phi) is 5.31. The van der Waals surface area contributed by atoms with Crippen LogP contribution in [-0.4, -0.2) is 34.1 Å². The molecule has 1 aromatic carbocycles. The second kappa shape index (κ2) is 6.53. The summed E-state index contributed by atoms with van der Waals surface area (Å²) in [6.45, 7) is 3.71. The summed E-state index contributed by atoms with van der Waals surface area (Å²) < 4.78 is 30.4. The van der Waals surface area contributed by atoms with Crippen LogP contribution in [0.3, 0.4) is 0 Å². The summed E-state index contributed by atoms with van der Waals surface area (Å²) in [6.07, 6.45) is 0. The molecule has 0 aliphatic rings. The molecule has 0 heterocycles. The fourth-order valence-electron chi connectivity index (χ4n) is 1.49. The zero-order valence-electron chi connectivity index (χ0n) is 11.1. The topological polar surface area (TPSA) is 84.5 Å². The Morgan fingerprint density at radius 1 is 1.32 bits per heavy atom. The van der Waals surface area contributed by atoms with Crippen LogP contribution < -0.4 is 10.0 Å². The van der Waals surface area contributed by atoms with Crippen molar-refractivity contribution in [3.8, 4) is 0 Å². The molecule has 0 aromatic heterocycles. The number of rotatable bonds is 6. The fraction of sp³-hybridized carbons (Fsp3) is 0.417. The Morgan fingerprint density at radius 2 is 1.89 bits per heavy atom. The van der Waals surface area contributed by atoms with E-state index in [0.717, 1.165) is 0 Å². The maximum atomic E-state index is 11.7. The van der Waals surface area contributed by atoms with E-state index < -0.39 is 16.1 Å². The molecule has 0 fully saturated rings. The molecule has 7 heteroatoms. The third-order valence-corrected chi connectivity index (χ3v) is 4.00. The molecule has 0 radical (unpaired) electrons. The smallest absolute Gasteiger partial charge is 0.327 e. The van der Waals surface area contributed by atoms with E-state index >= 15 is 0 Å². The van der Waals surface area contributed by atoms with Gasteiger partial charge in [-0.15, -0.1) is 0 Å². The molecular weight excluding hydrogens is 268 g/mol. The average Bonchev–Trinajstić information content (AvgIpc) is 2.38. The largest absolute Gasteiger partial charge is 0.467 e. The molecule has 0 saturated heterocycles. The molecule has 19 heavy (non-hydrogen) atoms. The normalized spacial score (nSPS) is 12.8. The summed E-state index contributed by atoms with van der Waals surface area (Å²) in [4.78, 5) is 11.4. The monoisotopic (exact) mass is 286 g/mol. The van der Waals surface area contributed by atoms with E-state index in [1.807, 2.05) is 0 Å². The first-order valence-corrected chi connectivity index (χ1v) is 7.33. The molecule has 106 valence electrons. The van der Waals surface area contributed by atoms with Gasteiger partial charge in [-0.1, -0.05) is 6.92 Å². The Bertz CT molecular complexity index is 525. The van der Waals surface area contributed by atoms with E-state index in [1.165, 1.54) is 19.2 Å². The van der Waals surface area contributed by atoms with E-state index in [1.54, 1.807) is 26.0 Å². The van der Waals surface area contributed by atoms with Crippen molar-refractivity contribution in [2.75, 3.05) is 19.0 Å². The number of carbonyl (C=O) groups excluding carboxylic acids is 1. The summed E-state index contributed by atoms with van der Waals surface area (Å²) in [7, 11) is -2.13. The van der Waals surface area contributed by atoms with E-state index in [2.05, 4.69) is 14.8 Å². The van der Waals surface area contributed by atoms with Crippen molar-refractivity contribution in [2.24, 2.45) is 0 Å². The second-order valence-electron chi connectivity index (χ2n) is 3.91. The summed E-state index contributed by atoms with van der Waals surface area (Å²) in [5.74, 6) is -0.385. The molecule has 6 nitrogen and oxygen atoms in total. The Labute approximate surface area is 113 Å². The number of anilines is 1. The summed E-state index contributed by atoms with van der Waals surface area (Å²) in [5.41, 5.74) is 0.647. The number of sulfonamides is 1. The van der Waals surface area contributed by atoms with Gasteiger partial charge in [0.15, 0.2) is 0 Å². The van der Waals surface area contributed by atoms with E-state index in [-0.39, 0.29) is 10.9 Å². The minimum atomic E-state index is -3.45. The highest BCUT2D eigenvalue weighted by atomic mass is 32.2. The second-order valence-corrected chi connectivity index (χ2v) is 5.68. The van der Waals surface area contributed by atoms with E-state index in [9.17, 15) is 13.2 Å². The van der Waals surface area contributed by atoms with Crippen LogP contribution in [0.5, 0.6) is 0 Å². The maximum absolute atomic E-state index is 11.7. The number of benzene rings is 1. The maximum Gasteiger partial charge on any atom is 0.327 e. The van der Waals surface area contributed by atoms with Gasteiger partial charge >= 0.3 is 5.97 Å². The third-order valence-electron chi connectivity index (χ3n) is 2.44. The summed E-state index contributed by atoms with van der Waals surface area (Å²) in [5, 5.41) is 2.91. The van der Waals surface area contributed by atoms with Gasteiger partial charge in [0.25, 0.3) is 0 Å². The van der Waals surface area contributed by atoms with Crippen LogP contribution in [0.15, 0.2) is 29.2 Å². The highest BCUT2D eigenvalue weighted by Crippen LogP contribution is 2.14. The zero-order valence-corrected chi connectivity index (χ0v) is 12.0. The number of esters is 1. The van der Waals surface area contributed by atoms with Gasteiger partial charge in [0.2, 0.25) is 10.0 Å². The SMILES string of the molecule is CCNS(=O)(=O)c1ccc(NC(C)C(=O)OC)cc1. The van der Waals surface area contributed by atoms with Crippen LogP contribution in [0.2, 0.25) is 0 Å². The standard InChI is InChI=1S/C12H18N2O4S/c1-4-13-19(16,17)11-7-5-10(6-8-11)14-9(2)12(15)18-3/h5-9,13-14H,4H2,1-3H3. The first kappa shape index (κ1) is 15.5. The van der Waals surface area contributed by atoms with Crippen molar-refractivity contribution in [3.05, 3.63) is 24.3 Å². The van der Waals surface area contributed by atoms with Gasteiger partial charge in [-0.2, -0.15) is 0 Å². The number of nitrogens with one attached hydrogen (secondary N) is 2. The first-order chi connectivity index (χ1) is 8.90. The minimum absolute atomic E-state index is 0.186. The molecule has 0 saturated carbocycles. The lowest BCUT2D eigenvalue weighted by molar-refractivity contribution is -0.141. The summed E-state index contributed by atoms with van der Waals surface area (Å²) in [6, 6.07) is 5.66. The quantitative estimate of drug-likeness (QED) is 0.761. The molecule has 1 rings (SSSR count). The van der Waals surface area contributed by atoms with Crippen molar-refractivity contribution in [3.63, 3.8) is 0 Å². The number of carbonyl (C=O) groups is 1. The molecule has 0 amide bonds. The number of methoxy groups -OCH3 is 1.